The summed E-state index contributed by atoms with van der Waals surface area (Å²) in [5.41, 5.74) is 1.71. The van der Waals surface area contributed by atoms with Crippen LogP contribution in [0, 0.1) is 12.7 Å². The number of aryl methyl sites for hydroxylation is 1. The van der Waals surface area contributed by atoms with Gasteiger partial charge in [-0.05, 0) is 30.7 Å². The predicted molar refractivity (Wildman–Crippen MR) is 78.9 cm³/mol. The van der Waals surface area contributed by atoms with Gasteiger partial charge in [0.15, 0.2) is 11.6 Å². The fraction of sp³-hybridized carbons (Fsp3) is 0.118. The maximum atomic E-state index is 14.1. The average molecular weight is 283 g/mol. The monoisotopic (exact) mass is 283 g/mol. The zero-order chi connectivity index (χ0) is 14.8. The van der Waals surface area contributed by atoms with Gasteiger partial charge in [0.25, 0.3) is 0 Å². The number of halogens is 1. The van der Waals surface area contributed by atoms with E-state index in [1.54, 1.807) is 31.2 Å². The van der Waals surface area contributed by atoms with Gasteiger partial charge in [0.2, 0.25) is 0 Å². The van der Waals surface area contributed by atoms with Crippen molar-refractivity contribution in [3.63, 3.8) is 0 Å². The number of aliphatic hydroxyl groups excluding tert-OH is 1. The van der Waals surface area contributed by atoms with Crippen molar-refractivity contribution in [3.05, 3.63) is 65.6 Å². The molecule has 2 aromatic carbocycles. The molecular weight excluding hydrogens is 269 g/mol. The summed E-state index contributed by atoms with van der Waals surface area (Å²) in [6, 6.07) is 14.0. The van der Waals surface area contributed by atoms with Crippen LogP contribution in [-0.2, 0) is 6.61 Å². The Morgan fingerprint density at radius 2 is 1.90 bits per heavy atom. The topological polar surface area (TPSA) is 42.4 Å². The number of nitrogens with zero attached hydrogens (tertiary/aromatic N) is 1. The second-order valence-electron chi connectivity index (χ2n) is 4.78. The molecule has 0 saturated heterocycles. The number of fused-ring (bicyclic) bond motifs is 1. The van der Waals surface area contributed by atoms with Crippen LogP contribution in [0.2, 0.25) is 0 Å². The molecule has 0 unspecified atom stereocenters. The van der Waals surface area contributed by atoms with Crippen LogP contribution >= 0.6 is 0 Å². The minimum absolute atomic E-state index is 0.162. The Labute approximate surface area is 121 Å². The first kappa shape index (κ1) is 13.5. The molecule has 0 aliphatic heterocycles. The van der Waals surface area contributed by atoms with Gasteiger partial charge >= 0.3 is 0 Å². The summed E-state index contributed by atoms with van der Waals surface area (Å²) in [5, 5.41) is 10.1. The Morgan fingerprint density at radius 1 is 1.10 bits per heavy atom. The van der Waals surface area contributed by atoms with E-state index in [1.807, 2.05) is 24.3 Å². The first-order valence-corrected chi connectivity index (χ1v) is 6.61. The summed E-state index contributed by atoms with van der Waals surface area (Å²) in [6.45, 7) is 1.49. The number of ether oxygens (including phenoxy) is 1. The van der Waals surface area contributed by atoms with Gasteiger partial charge in [-0.15, -0.1) is 0 Å². The van der Waals surface area contributed by atoms with Crippen LogP contribution in [0.1, 0.15) is 11.3 Å². The Balaban J connectivity index is 2.13. The first-order valence-electron chi connectivity index (χ1n) is 6.61. The van der Waals surface area contributed by atoms with Crippen molar-refractivity contribution in [1.29, 1.82) is 0 Å². The van der Waals surface area contributed by atoms with Gasteiger partial charge < -0.3 is 9.84 Å². The average Bonchev–Trinajstić information content (AvgIpc) is 2.51. The molecule has 1 heterocycles. The molecule has 0 aliphatic rings. The molecule has 0 fully saturated rings. The van der Waals surface area contributed by atoms with Gasteiger partial charge in [0.1, 0.15) is 5.75 Å². The third kappa shape index (κ3) is 2.58. The molecule has 3 rings (SSSR count). The van der Waals surface area contributed by atoms with Crippen LogP contribution in [0.15, 0.2) is 48.5 Å². The van der Waals surface area contributed by atoms with E-state index in [4.69, 9.17) is 4.74 Å². The predicted octanol–water partition coefficient (Wildman–Crippen LogP) is 3.97. The van der Waals surface area contributed by atoms with E-state index < -0.39 is 0 Å². The van der Waals surface area contributed by atoms with Gasteiger partial charge in [-0.3, -0.25) is 4.98 Å². The van der Waals surface area contributed by atoms with Crippen molar-refractivity contribution in [2.24, 2.45) is 0 Å². The highest BCUT2D eigenvalue weighted by atomic mass is 19.1. The van der Waals surface area contributed by atoms with Gasteiger partial charge in [0.05, 0.1) is 17.8 Å². The van der Waals surface area contributed by atoms with Crippen molar-refractivity contribution in [3.8, 4) is 11.5 Å². The Kier molecular flexibility index (Phi) is 3.54. The second kappa shape index (κ2) is 5.50. The van der Waals surface area contributed by atoms with Crippen LogP contribution in [0.4, 0.5) is 4.39 Å². The van der Waals surface area contributed by atoms with Crippen molar-refractivity contribution in [2.75, 3.05) is 0 Å². The van der Waals surface area contributed by atoms with Crippen LogP contribution < -0.4 is 4.74 Å². The van der Waals surface area contributed by atoms with E-state index in [2.05, 4.69) is 4.98 Å². The molecule has 1 aromatic heterocycles. The fourth-order valence-corrected chi connectivity index (χ4v) is 2.18. The number of benzene rings is 2. The van der Waals surface area contributed by atoms with Crippen molar-refractivity contribution >= 4 is 10.9 Å². The van der Waals surface area contributed by atoms with Crippen molar-refractivity contribution in [1.82, 2.24) is 4.98 Å². The molecule has 0 bridgehead atoms. The summed E-state index contributed by atoms with van der Waals surface area (Å²) in [4.78, 5) is 4.31. The molecule has 0 saturated carbocycles. The zero-order valence-electron chi connectivity index (χ0n) is 11.5. The number of aromatic nitrogens is 1. The number of aliphatic hydroxyl groups is 1. The molecule has 3 aromatic rings. The van der Waals surface area contributed by atoms with Crippen LogP contribution in [0.25, 0.3) is 10.9 Å². The third-order valence-electron chi connectivity index (χ3n) is 3.27. The molecule has 0 spiro atoms. The van der Waals surface area contributed by atoms with Crippen LogP contribution in [-0.4, -0.2) is 10.1 Å². The van der Waals surface area contributed by atoms with Crippen molar-refractivity contribution < 1.29 is 14.2 Å². The summed E-state index contributed by atoms with van der Waals surface area (Å²) in [7, 11) is 0. The molecule has 4 heteroatoms. The zero-order valence-corrected chi connectivity index (χ0v) is 11.5. The SMILES string of the molecule is Cc1cccc(Oc2cc(CO)nc3ccccc23)c1F. The maximum Gasteiger partial charge on any atom is 0.168 e. The summed E-state index contributed by atoms with van der Waals surface area (Å²) >= 11 is 0. The highest BCUT2D eigenvalue weighted by molar-refractivity contribution is 5.85. The molecule has 1 N–H and O–H groups in total. The third-order valence-corrected chi connectivity index (χ3v) is 3.27. The number of hydrogen-bond acceptors (Lipinski definition) is 3. The van der Waals surface area contributed by atoms with Gasteiger partial charge in [-0.2, -0.15) is 0 Å². The standard InChI is InChI=1S/C17H14FNO2/c1-11-5-4-8-15(17(11)18)21-16-9-12(10-20)19-14-7-3-2-6-13(14)16/h2-9,20H,10H2,1H3. The Hall–Kier alpha value is -2.46. The van der Waals surface area contributed by atoms with Gasteiger partial charge in [0, 0.05) is 11.5 Å². The molecule has 0 atom stereocenters. The van der Waals surface area contributed by atoms with Gasteiger partial charge in [-0.25, -0.2) is 4.39 Å². The van der Waals surface area contributed by atoms with Crippen LogP contribution in [0.3, 0.4) is 0 Å². The number of hydrogen-bond donors (Lipinski definition) is 1. The number of pyridine rings is 1. The lowest BCUT2D eigenvalue weighted by atomic mass is 10.1. The minimum Gasteiger partial charge on any atom is -0.453 e. The second-order valence-corrected chi connectivity index (χ2v) is 4.78. The van der Waals surface area contributed by atoms with E-state index >= 15 is 0 Å². The van der Waals surface area contributed by atoms with E-state index in [1.165, 1.54) is 0 Å². The summed E-state index contributed by atoms with van der Waals surface area (Å²) in [5.74, 6) is 0.258. The lowest BCUT2D eigenvalue weighted by Crippen LogP contribution is -1.96. The quantitative estimate of drug-likeness (QED) is 0.791. The molecule has 21 heavy (non-hydrogen) atoms. The van der Waals surface area contributed by atoms with Gasteiger partial charge in [-0.1, -0.05) is 24.3 Å². The minimum atomic E-state index is -0.385. The van der Waals surface area contributed by atoms with Crippen LogP contribution in [0.5, 0.6) is 11.5 Å². The van der Waals surface area contributed by atoms with Crippen molar-refractivity contribution in [2.45, 2.75) is 13.5 Å². The summed E-state index contributed by atoms with van der Waals surface area (Å²) < 4.78 is 19.8. The number of rotatable bonds is 3. The smallest absolute Gasteiger partial charge is 0.168 e. The summed E-state index contributed by atoms with van der Waals surface area (Å²) in [6.07, 6.45) is 0. The van der Waals surface area contributed by atoms with E-state index in [0.29, 0.717) is 22.5 Å². The molecule has 0 amide bonds. The highest BCUT2D eigenvalue weighted by Gasteiger charge is 2.11. The molecule has 3 nitrogen and oxygen atoms in total. The lowest BCUT2D eigenvalue weighted by Gasteiger charge is -2.11. The molecular formula is C17H14FNO2. The highest BCUT2D eigenvalue weighted by Crippen LogP contribution is 2.32. The molecule has 106 valence electrons. The van der Waals surface area contributed by atoms with E-state index in [0.717, 1.165) is 5.39 Å². The first-order chi connectivity index (χ1) is 10.2. The fourth-order valence-electron chi connectivity index (χ4n) is 2.18. The van der Waals surface area contributed by atoms with E-state index in [9.17, 15) is 9.50 Å². The normalized spacial score (nSPS) is 10.8. The Bertz CT molecular complexity index is 802. The lowest BCUT2D eigenvalue weighted by molar-refractivity contribution is 0.276. The Morgan fingerprint density at radius 3 is 2.71 bits per heavy atom. The maximum absolute atomic E-state index is 14.1. The van der Waals surface area contributed by atoms with E-state index in [-0.39, 0.29) is 18.2 Å². The molecule has 0 radical (unpaired) electrons. The number of para-hydroxylation sites is 1. The largest absolute Gasteiger partial charge is 0.453 e. The molecule has 0 aliphatic carbocycles.